The number of carbonyl (C=O) groups is 1. The average molecular weight is 259 g/mol. The van der Waals surface area contributed by atoms with Crippen molar-refractivity contribution in [2.45, 2.75) is 19.9 Å². The Bertz CT molecular complexity index is 579. The number of alkyl halides is 2. The van der Waals surface area contributed by atoms with Crippen molar-refractivity contribution in [3.63, 3.8) is 0 Å². The molecule has 0 aliphatic rings. The zero-order valence-electron chi connectivity index (χ0n) is 9.04. The molecular weight excluding hydrogens is 252 g/mol. The molecule has 2 rings (SSSR count). The normalized spacial score (nSPS) is 11.1. The minimum absolute atomic E-state index is 0.0382. The standard InChI is InChI=1S/C8H7F2N5O3/c1-3-11-4(18-13-3)2-15-6(7(9)10)5(8(16)17)12-14-15/h7H,2H2,1H3,(H,16,17). The molecule has 0 atom stereocenters. The lowest BCUT2D eigenvalue weighted by Gasteiger charge is -2.02. The molecule has 0 aliphatic carbocycles. The molecule has 18 heavy (non-hydrogen) atoms. The Morgan fingerprint density at radius 2 is 2.28 bits per heavy atom. The quantitative estimate of drug-likeness (QED) is 0.858. The Hall–Kier alpha value is -2.39. The first kappa shape index (κ1) is 12.1. The van der Waals surface area contributed by atoms with Gasteiger partial charge in [-0.05, 0) is 6.92 Å². The second-order valence-electron chi connectivity index (χ2n) is 3.32. The number of aromatic nitrogens is 5. The number of rotatable bonds is 4. The summed E-state index contributed by atoms with van der Waals surface area (Å²) in [5, 5.41) is 18.7. The van der Waals surface area contributed by atoms with Gasteiger partial charge < -0.3 is 9.63 Å². The number of carboxylic acids is 1. The van der Waals surface area contributed by atoms with Crippen LogP contribution in [-0.2, 0) is 6.54 Å². The number of halogens is 2. The van der Waals surface area contributed by atoms with Gasteiger partial charge in [-0.2, -0.15) is 4.98 Å². The highest BCUT2D eigenvalue weighted by Gasteiger charge is 2.27. The molecule has 0 bridgehead atoms. The van der Waals surface area contributed by atoms with Gasteiger partial charge in [0.1, 0.15) is 12.2 Å². The Morgan fingerprint density at radius 1 is 1.56 bits per heavy atom. The second kappa shape index (κ2) is 4.47. The van der Waals surface area contributed by atoms with Gasteiger partial charge in [-0.25, -0.2) is 18.3 Å². The summed E-state index contributed by atoms with van der Waals surface area (Å²) >= 11 is 0. The highest BCUT2D eigenvalue weighted by atomic mass is 19.3. The third-order valence-electron chi connectivity index (χ3n) is 2.04. The van der Waals surface area contributed by atoms with Gasteiger partial charge in [0, 0.05) is 0 Å². The van der Waals surface area contributed by atoms with E-state index < -0.39 is 23.8 Å². The van der Waals surface area contributed by atoms with Crippen molar-refractivity contribution < 1.29 is 23.2 Å². The molecule has 96 valence electrons. The predicted octanol–water partition coefficient (Wildman–Crippen LogP) is 0.654. The summed E-state index contributed by atoms with van der Waals surface area (Å²) in [6, 6.07) is 0. The number of hydrogen-bond acceptors (Lipinski definition) is 6. The summed E-state index contributed by atoms with van der Waals surface area (Å²) in [5.41, 5.74) is -1.58. The first-order valence-corrected chi connectivity index (χ1v) is 4.73. The van der Waals surface area contributed by atoms with Crippen LogP contribution in [0.2, 0.25) is 0 Å². The first-order valence-electron chi connectivity index (χ1n) is 4.73. The average Bonchev–Trinajstić information content (AvgIpc) is 2.85. The third-order valence-corrected chi connectivity index (χ3v) is 2.04. The molecule has 10 heteroatoms. The molecule has 1 N–H and O–H groups in total. The van der Waals surface area contributed by atoms with Crippen LogP contribution in [0.25, 0.3) is 0 Å². The lowest BCUT2D eigenvalue weighted by atomic mass is 10.3. The van der Waals surface area contributed by atoms with Crippen LogP contribution >= 0.6 is 0 Å². The van der Waals surface area contributed by atoms with Gasteiger partial charge in [-0.1, -0.05) is 10.4 Å². The van der Waals surface area contributed by atoms with E-state index in [-0.39, 0.29) is 12.4 Å². The van der Waals surface area contributed by atoms with E-state index in [1.807, 2.05) is 0 Å². The van der Waals surface area contributed by atoms with Crippen LogP contribution in [0.4, 0.5) is 8.78 Å². The minimum Gasteiger partial charge on any atom is -0.476 e. The molecule has 2 aromatic rings. The van der Waals surface area contributed by atoms with E-state index in [1.165, 1.54) is 0 Å². The van der Waals surface area contributed by atoms with Crippen molar-refractivity contribution >= 4 is 5.97 Å². The van der Waals surface area contributed by atoms with E-state index in [9.17, 15) is 13.6 Å². The van der Waals surface area contributed by atoms with Crippen LogP contribution < -0.4 is 0 Å². The Balaban J connectivity index is 2.36. The second-order valence-corrected chi connectivity index (χ2v) is 3.32. The zero-order chi connectivity index (χ0) is 13.3. The molecule has 0 amide bonds. The largest absolute Gasteiger partial charge is 0.476 e. The van der Waals surface area contributed by atoms with E-state index in [2.05, 4.69) is 20.5 Å². The molecule has 8 nitrogen and oxygen atoms in total. The zero-order valence-corrected chi connectivity index (χ0v) is 9.04. The molecule has 0 fully saturated rings. The summed E-state index contributed by atoms with van der Waals surface area (Å²) in [4.78, 5) is 14.5. The van der Waals surface area contributed by atoms with Crippen LogP contribution in [0, 0.1) is 6.92 Å². The molecule has 2 heterocycles. The molecule has 0 spiro atoms. The maximum absolute atomic E-state index is 12.8. The highest BCUT2D eigenvalue weighted by molar-refractivity contribution is 5.86. The SMILES string of the molecule is Cc1noc(Cn2nnc(C(=O)O)c2C(F)F)n1. The summed E-state index contributed by atoms with van der Waals surface area (Å²) in [6.07, 6.45) is -3.02. The summed E-state index contributed by atoms with van der Waals surface area (Å²) in [7, 11) is 0. The number of hydrogen-bond donors (Lipinski definition) is 1. The monoisotopic (exact) mass is 259 g/mol. The predicted molar refractivity (Wildman–Crippen MR) is 50.1 cm³/mol. The number of aryl methyl sites for hydroxylation is 1. The molecule has 0 radical (unpaired) electrons. The maximum atomic E-state index is 12.8. The van der Waals surface area contributed by atoms with Crippen LogP contribution in [0.15, 0.2) is 4.52 Å². The Labute approximate surface area is 98.2 Å². The first-order chi connectivity index (χ1) is 8.49. The van der Waals surface area contributed by atoms with E-state index in [1.54, 1.807) is 6.92 Å². The van der Waals surface area contributed by atoms with Crippen molar-refractivity contribution in [2.75, 3.05) is 0 Å². The topological polar surface area (TPSA) is 107 Å². The minimum atomic E-state index is -3.02. The number of nitrogens with zero attached hydrogens (tertiary/aromatic N) is 5. The van der Waals surface area contributed by atoms with Crippen LogP contribution in [0.5, 0.6) is 0 Å². The Kier molecular flexibility index (Phi) is 3.00. The van der Waals surface area contributed by atoms with E-state index >= 15 is 0 Å². The molecule has 0 unspecified atom stereocenters. The fourth-order valence-corrected chi connectivity index (χ4v) is 1.34. The van der Waals surface area contributed by atoms with Gasteiger partial charge in [0.05, 0.1) is 0 Å². The maximum Gasteiger partial charge on any atom is 0.358 e. The molecule has 0 saturated heterocycles. The molecule has 2 aromatic heterocycles. The van der Waals surface area contributed by atoms with Crippen molar-refractivity contribution in [2.24, 2.45) is 0 Å². The fraction of sp³-hybridized carbons (Fsp3) is 0.375. The van der Waals surface area contributed by atoms with Crippen LogP contribution in [0.1, 0.15) is 34.3 Å². The number of carboxylic acid groups (broad SMARTS) is 1. The van der Waals surface area contributed by atoms with Gasteiger partial charge in [-0.15, -0.1) is 5.10 Å². The van der Waals surface area contributed by atoms with Crippen LogP contribution in [-0.4, -0.2) is 36.2 Å². The van der Waals surface area contributed by atoms with Gasteiger partial charge in [-0.3, -0.25) is 0 Å². The lowest BCUT2D eigenvalue weighted by molar-refractivity contribution is 0.0675. The van der Waals surface area contributed by atoms with Crippen molar-refractivity contribution in [1.82, 2.24) is 25.1 Å². The van der Waals surface area contributed by atoms with Crippen molar-refractivity contribution in [3.05, 3.63) is 23.1 Å². The van der Waals surface area contributed by atoms with Gasteiger partial charge in [0.2, 0.25) is 5.89 Å². The summed E-state index contributed by atoms with van der Waals surface area (Å²) in [6.45, 7) is 1.30. The smallest absolute Gasteiger partial charge is 0.358 e. The van der Waals surface area contributed by atoms with Gasteiger partial charge in [0.15, 0.2) is 11.5 Å². The fourth-order valence-electron chi connectivity index (χ4n) is 1.34. The van der Waals surface area contributed by atoms with Crippen molar-refractivity contribution in [1.29, 1.82) is 0 Å². The van der Waals surface area contributed by atoms with Gasteiger partial charge in [0.25, 0.3) is 6.43 Å². The number of aromatic carboxylic acids is 1. The van der Waals surface area contributed by atoms with E-state index in [0.717, 1.165) is 4.68 Å². The van der Waals surface area contributed by atoms with Crippen LogP contribution in [0.3, 0.4) is 0 Å². The van der Waals surface area contributed by atoms with Gasteiger partial charge >= 0.3 is 5.97 Å². The van der Waals surface area contributed by atoms with E-state index in [4.69, 9.17) is 9.63 Å². The molecular formula is C8H7F2N5O3. The summed E-state index contributed by atoms with van der Waals surface area (Å²) < 4.78 is 31.0. The third kappa shape index (κ3) is 2.17. The molecule has 0 aromatic carbocycles. The summed E-state index contributed by atoms with van der Waals surface area (Å²) in [5.74, 6) is -1.20. The van der Waals surface area contributed by atoms with Crippen molar-refractivity contribution in [3.8, 4) is 0 Å². The molecule has 0 aliphatic heterocycles. The Morgan fingerprint density at radius 3 is 2.78 bits per heavy atom. The highest BCUT2D eigenvalue weighted by Crippen LogP contribution is 2.21. The van der Waals surface area contributed by atoms with E-state index in [0.29, 0.717) is 5.82 Å². The lowest BCUT2D eigenvalue weighted by Crippen LogP contribution is -2.10. The molecule has 0 saturated carbocycles.